The highest BCUT2D eigenvalue weighted by Crippen LogP contribution is 2.26. The van der Waals surface area contributed by atoms with E-state index in [0.717, 1.165) is 31.4 Å². The quantitative estimate of drug-likeness (QED) is 0.357. The van der Waals surface area contributed by atoms with Crippen molar-refractivity contribution in [3.8, 4) is 0 Å². The molecule has 0 spiro atoms. The number of rotatable bonds is 6. The normalized spacial score (nSPS) is 19.6. The van der Waals surface area contributed by atoms with Crippen LogP contribution >= 0.6 is 24.0 Å². The van der Waals surface area contributed by atoms with Crippen LogP contribution in [0.2, 0.25) is 0 Å². The lowest BCUT2D eigenvalue weighted by Crippen LogP contribution is -2.50. The van der Waals surface area contributed by atoms with Crippen LogP contribution in [-0.4, -0.2) is 52.9 Å². The van der Waals surface area contributed by atoms with Gasteiger partial charge in [0.1, 0.15) is 0 Å². The molecule has 160 valence electrons. The van der Waals surface area contributed by atoms with Crippen molar-refractivity contribution in [2.24, 2.45) is 12.0 Å². The highest BCUT2D eigenvalue weighted by molar-refractivity contribution is 14.0. The van der Waals surface area contributed by atoms with Crippen LogP contribution in [0, 0.1) is 0 Å². The lowest BCUT2D eigenvalue weighted by Gasteiger charge is -2.36. The minimum atomic E-state index is 0. The Labute approximate surface area is 187 Å². The molecule has 2 N–H and O–H groups in total. The fourth-order valence-electron chi connectivity index (χ4n) is 4.83. The second-order valence-corrected chi connectivity index (χ2v) is 8.02. The maximum absolute atomic E-state index is 4.68. The third kappa shape index (κ3) is 5.62. The molecule has 1 saturated heterocycles. The fourth-order valence-corrected chi connectivity index (χ4v) is 4.83. The molecule has 1 aromatic heterocycles. The van der Waals surface area contributed by atoms with E-state index in [1.807, 2.05) is 18.8 Å². The molecular weight excluding hydrogens is 463 g/mol. The number of guanidine groups is 1. The number of aliphatic imine (C=N–C) groups is 1. The molecule has 2 heterocycles. The Morgan fingerprint density at radius 2 is 1.79 bits per heavy atom. The van der Waals surface area contributed by atoms with Crippen LogP contribution in [-0.2, 0) is 26.4 Å². The van der Waals surface area contributed by atoms with E-state index < -0.39 is 0 Å². The molecule has 0 aromatic carbocycles. The van der Waals surface area contributed by atoms with Gasteiger partial charge in [-0.15, -0.1) is 24.0 Å². The molecule has 0 radical (unpaired) electrons. The van der Waals surface area contributed by atoms with E-state index in [0.29, 0.717) is 6.04 Å². The molecule has 1 aromatic rings. The number of nitrogens with zero attached hydrogens (tertiary/aromatic N) is 4. The Hall–Kier alpha value is -0.830. The molecule has 0 unspecified atom stereocenters. The van der Waals surface area contributed by atoms with Gasteiger partial charge in [0.05, 0.1) is 5.69 Å². The second-order valence-electron chi connectivity index (χ2n) is 8.02. The molecule has 2 aliphatic rings. The predicted octanol–water partition coefficient (Wildman–Crippen LogP) is 3.23. The van der Waals surface area contributed by atoms with Crippen molar-refractivity contribution in [2.45, 2.75) is 83.8 Å². The van der Waals surface area contributed by atoms with Crippen LogP contribution in [0.4, 0.5) is 0 Å². The molecule has 28 heavy (non-hydrogen) atoms. The van der Waals surface area contributed by atoms with Crippen molar-refractivity contribution >= 4 is 29.9 Å². The molecule has 1 aliphatic carbocycles. The fraction of sp³-hybridized carbons (Fsp3) is 0.810. The maximum atomic E-state index is 4.68. The van der Waals surface area contributed by atoms with E-state index in [9.17, 15) is 0 Å². The van der Waals surface area contributed by atoms with Gasteiger partial charge in [0.15, 0.2) is 5.96 Å². The molecule has 0 bridgehead atoms. The van der Waals surface area contributed by atoms with Crippen molar-refractivity contribution in [1.82, 2.24) is 25.3 Å². The summed E-state index contributed by atoms with van der Waals surface area (Å²) in [5.74, 6) is 0.919. The molecule has 1 aliphatic heterocycles. The highest BCUT2D eigenvalue weighted by Gasteiger charge is 2.27. The molecule has 2 fully saturated rings. The third-order valence-electron chi connectivity index (χ3n) is 6.40. The monoisotopic (exact) mass is 502 g/mol. The van der Waals surface area contributed by atoms with Crippen molar-refractivity contribution in [3.63, 3.8) is 0 Å². The van der Waals surface area contributed by atoms with Gasteiger partial charge in [0, 0.05) is 57.1 Å². The smallest absolute Gasteiger partial charge is 0.191 e. The van der Waals surface area contributed by atoms with E-state index in [4.69, 9.17) is 0 Å². The van der Waals surface area contributed by atoms with Gasteiger partial charge in [-0.2, -0.15) is 5.10 Å². The SMILES string of the molecule is CCc1nn(C)c(CC)c1CNC(=NC)NC1CCN(C2CCCC2)CC1.I. The number of hydrogen-bond donors (Lipinski definition) is 2. The van der Waals surface area contributed by atoms with Gasteiger partial charge in [0.2, 0.25) is 0 Å². The Morgan fingerprint density at radius 1 is 1.11 bits per heavy atom. The van der Waals surface area contributed by atoms with E-state index in [1.165, 1.54) is 68.6 Å². The molecular formula is C21H39IN6. The summed E-state index contributed by atoms with van der Waals surface area (Å²) in [7, 11) is 3.92. The van der Waals surface area contributed by atoms with Gasteiger partial charge in [-0.25, -0.2) is 0 Å². The Bertz CT molecular complexity index is 627. The van der Waals surface area contributed by atoms with E-state index >= 15 is 0 Å². The van der Waals surface area contributed by atoms with Crippen LogP contribution in [0.3, 0.4) is 0 Å². The van der Waals surface area contributed by atoms with Gasteiger partial charge in [-0.3, -0.25) is 9.67 Å². The van der Waals surface area contributed by atoms with Crippen LogP contribution in [0.1, 0.15) is 69.3 Å². The van der Waals surface area contributed by atoms with E-state index in [2.05, 4.69) is 39.5 Å². The topological polar surface area (TPSA) is 57.5 Å². The van der Waals surface area contributed by atoms with Crippen molar-refractivity contribution in [3.05, 3.63) is 17.0 Å². The number of aryl methyl sites for hydroxylation is 2. The lowest BCUT2D eigenvalue weighted by atomic mass is 10.0. The van der Waals surface area contributed by atoms with Crippen LogP contribution in [0.25, 0.3) is 0 Å². The summed E-state index contributed by atoms with van der Waals surface area (Å²) >= 11 is 0. The average molecular weight is 502 g/mol. The minimum absolute atomic E-state index is 0. The van der Waals surface area contributed by atoms with Gasteiger partial charge in [-0.1, -0.05) is 26.7 Å². The Morgan fingerprint density at radius 3 is 2.36 bits per heavy atom. The average Bonchev–Trinajstić information content (AvgIpc) is 3.33. The first-order valence-electron chi connectivity index (χ1n) is 10.9. The molecule has 3 rings (SSSR count). The summed E-state index contributed by atoms with van der Waals surface area (Å²) in [6.45, 7) is 7.62. The first kappa shape index (κ1) is 23.4. The largest absolute Gasteiger partial charge is 0.354 e. The number of nitrogens with one attached hydrogen (secondary N) is 2. The summed E-state index contributed by atoms with van der Waals surface area (Å²) in [6.07, 6.45) is 10.1. The first-order chi connectivity index (χ1) is 13.2. The summed E-state index contributed by atoms with van der Waals surface area (Å²) in [5, 5.41) is 11.9. The molecule has 7 heteroatoms. The molecule has 0 amide bonds. The zero-order chi connectivity index (χ0) is 19.2. The van der Waals surface area contributed by atoms with Crippen molar-refractivity contribution in [2.75, 3.05) is 20.1 Å². The van der Waals surface area contributed by atoms with E-state index in [-0.39, 0.29) is 24.0 Å². The highest BCUT2D eigenvalue weighted by atomic mass is 127. The minimum Gasteiger partial charge on any atom is -0.354 e. The van der Waals surface area contributed by atoms with Crippen LogP contribution < -0.4 is 10.6 Å². The summed E-state index contributed by atoms with van der Waals surface area (Å²) in [6, 6.07) is 1.38. The third-order valence-corrected chi connectivity index (χ3v) is 6.40. The van der Waals surface area contributed by atoms with Gasteiger partial charge in [-0.05, 0) is 38.5 Å². The lowest BCUT2D eigenvalue weighted by molar-refractivity contribution is 0.150. The van der Waals surface area contributed by atoms with Crippen molar-refractivity contribution in [1.29, 1.82) is 0 Å². The summed E-state index contributed by atoms with van der Waals surface area (Å²) in [5.41, 5.74) is 3.85. The number of aromatic nitrogens is 2. The Balaban J connectivity index is 0.00000280. The standard InChI is InChI=1S/C21H38N6.HI/c1-5-19-18(20(6-2)26(4)25-19)15-23-21(22-3)24-16-11-13-27(14-12-16)17-9-7-8-10-17;/h16-17H,5-15H2,1-4H3,(H2,22,23,24);1H. The van der Waals surface area contributed by atoms with Gasteiger partial charge < -0.3 is 15.5 Å². The van der Waals surface area contributed by atoms with Crippen LogP contribution in [0.15, 0.2) is 4.99 Å². The van der Waals surface area contributed by atoms with Crippen LogP contribution in [0.5, 0.6) is 0 Å². The van der Waals surface area contributed by atoms with E-state index in [1.54, 1.807) is 0 Å². The van der Waals surface area contributed by atoms with Gasteiger partial charge in [0.25, 0.3) is 0 Å². The van der Waals surface area contributed by atoms with Gasteiger partial charge >= 0.3 is 0 Å². The summed E-state index contributed by atoms with van der Waals surface area (Å²) < 4.78 is 2.03. The first-order valence-corrected chi connectivity index (χ1v) is 10.9. The number of likely N-dealkylation sites (tertiary alicyclic amines) is 1. The zero-order valence-electron chi connectivity index (χ0n) is 18.1. The zero-order valence-corrected chi connectivity index (χ0v) is 20.5. The van der Waals surface area contributed by atoms with Crippen molar-refractivity contribution < 1.29 is 0 Å². The Kier molecular flexibility index (Phi) is 9.53. The molecule has 1 saturated carbocycles. The number of piperidine rings is 1. The maximum Gasteiger partial charge on any atom is 0.191 e. The molecule has 0 atom stereocenters. The second kappa shape index (κ2) is 11.4. The number of halogens is 1. The molecule has 6 nitrogen and oxygen atoms in total. The number of hydrogen-bond acceptors (Lipinski definition) is 3. The predicted molar refractivity (Wildman–Crippen MR) is 128 cm³/mol. The summed E-state index contributed by atoms with van der Waals surface area (Å²) in [4.78, 5) is 7.19.